The summed E-state index contributed by atoms with van der Waals surface area (Å²) in [6.07, 6.45) is -4.15. The zero-order valence-corrected chi connectivity index (χ0v) is 78.8. The second-order valence-electron chi connectivity index (χ2n) is 35.5. The first-order valence-corrected chi connectivity index (χ1v) is 46.0. The molecule has 8 rings (SSSR count). The van der Waals surface area contributed by atoms with Crippen LogP contribution < -0.4 is 81.4 Å². The molecular weight excluding hydrogens is 1820 g/mol. The molecule has 0 bridgehead atoms. The van der Waals surface area contributed by atoms with Gasteiger partial charge in [-0.25, -0.2) is 4.39 Å². The van der Waals surface area contributed by atoms with Crippen molar-refractivity contribution in [3.05, 3.63) is 108 Å². The summed E-state index contributed by atoms with van der Waals surface area (Å²) in [4.78, 5) is 309. The Bertz CT molecular complexity index is 5360. The number of H-pyrrole nitrogens is 1. The van der Waals surface area contributed by atoms with Crippen molar-refractivity contribution in [2.45, 2.75) is 254 Å². The number of primary amides is 4. The van der Waals surface area contributed by atoms with Crippen LogP contribution in [0.25, 0.3) is 21.8 Å². The number of rotatable bonds is 29. The second-order valence-corrected chi connectivity index (χ2v) is 35.5. The fraction of sp³-hybridized carbons (Fsp3) is 0.533. The normalized spacial score (nSPS) is 24.3. The lowest BCUT2D eigenvalue weighted by Gasteiger charge is -2.36. The molecule has 3 aliphatic heterocycles. The Kier molecular flexibility index (Phi) is 40.7. The molecule has 0 saturated carbocycles. The molecule has 0 unspecified atom stereocenters. The Labute approximate surface area is 799 Å². The number of carbonyl (C=O) groups is 21. The molecule has 15 atom stereocenters. The quantitative estimate of drug-likeness (QED) is 0.0215. The first kappa shape index (κ1) is 110. The minimum atomic E-state index is -2.05. The molecule has 5 aromatic rings. The van der Waals surface area contributed by atoms with Crippen LogP contribution in [0, 0.1) is 11.7 Å². The molecule has 47 heteroatoms. The number of nitrogens with two attached hydrogens (primary N) is 4. The van der Waals surface area contributed by atoms with Crippen LogP contribution in [-0.4, -0.2) is 318 Å². The number of fused-ring (bicyclic) bond motifs is 4. The van der Waals surface area contributed by atoms with E-state index in [2.05, 4.69) is 63.5 Å². The van der Waals surface area contributed by atoms with Crippen LogP contribution in [0.15, 0.2) is 85.2 Å². The summed E-state index contributed by atoms with van der Waals surface area (Å²) in [7, 11) is 3.58. The number of carboxylic acids is 2. The average molecular weight is 1940 g/mol. The fourth-order valence-electron chi connectivity index (χ4n) is 17.0. The molecule has 2 aromatic heterocycles. The number of aromatic nitrogens is 2. The predicted octanol–water partition coefficient (Wildman–Crippen LogP) is -4.30. The Morgan fingerprint density at radius 1 is 0.511 bits per heavy atom. The number of hydrogen-bond donors (Lipinski definition) is 19. The zero-order valence-electron chi connectivity index (χ0n) is 78.8. The molecule has 0 aliphatic carbocycles. The number of amides is 19. The molecular formula is C92H127FN22O24. The number of halogens is 1. The van der Waals surface area contributed by atoms with E-state index in [-0.39, 0.29) is 62.6 Å². The molecule has 3 aliphatic rings. The number of carboxylic acid groups (broad SMARTS) is 2. The number of aliphatic hydroxyl groups excluding tert-OH is 1. The molecule has 3 fully saturated rings. The van der Waals surface area contributed by atoms with Gasteiger partial charge in [-0.05, 0) is 98.7 Å². The zero-order chi connectivity index (χ0) is 103. The minimum absolute atomic E-state index is 0.105. The fourth-order valence-corrected chi connectivity index (χ4v) is 17.0. The van der Waals surface area contributed by atoms with E-state index in [4.69, 9.17) is 22.9 Å². The SMILES string of the molecule is CCCC[C@H]1C(=O)N(C)[C@@H](CCCC)C(=O)N[C@@H](CCC(=O)O)C(=O)N[C@H](C(=O)NCC(N)=O)CNCC(=O)N[C@@H](Cc2ccc(F)cc2)C(=O)N(C)[C@@H](C)C(=O)N[C@@H](CC(N)=O)C(=O)N2CCC[C@H]2C(=O)N[C@@H](CCC(N)=O)C(=O)N[C@@H](CC(C)C)C(=O)N2C[C@H](O)C[C@H]2C(=O)N[C@@H](Cc2c[nH]c3ccccc23)C(=O)N[C@@H](CC(N)=O)C(=O)N[C@@H](Cc2cn(CC(=O)O)c3ccccc23)C(=O)N1C. The number of carbonyl (C=O) groups excluding carboxylic acids is 19. The Balaban J connectivity index is 1.23. The first-order valence-electron chi connectivity index (χ1n) is 46.0. The van der Waals surface area contributed by atoms with E-state index in [1.807, 2.05) is 0 Å². The van der Waals surface area contributed by atoms with E-state index in [9.17, 15) is 86.8 Å². The van der Waals surface area contributed by atoms with Gasteiger partial charge < -0.3 is 131 Å². The third-order valence-electron chi connectivity index (χ3n) is 24.5. The van der Waals surface area contributed by atoms with Gasteiger partial charge >= 0.3 is 11.9 Å². The van der Waals surface area contributed by atoms with Gasteiger partial charge in [0.2, 0.25) is 112 Å². The highest BCUT2D eigenvalue weighted by atomic mass is 19.1. The summed E-state index contributed by atoms with van der Waals surface area (Å²) in [5.41, 5.74) is 24.3. The van der Waals surface area contributed by atoms with Crippen molar-refractivity contribution in [1.29, 1.82) is 0 Å². The minimum Gasteiger partial charge on any atom is -0.481 e. The van der Waals surface area contributed by atoms with E-state index in [1.165, 1.54) is 50.1 Å². The summed E-state index contributed by atoms with van der Waals surface area (Å²) in [5, 5.41) is 60.3. The van der Waals surface area contributed by atoms with Crippen molar-refractivity contribution in [2.24, 2.45) is 28.9 Å². The van der Waals surface area contributed by atoms with Crippen molar-refractivity contribution in [1.82, 2.24) is 92.5 Å². The predicted molar refractivity (Wildman–Crippen MR) is 495 cm³/mol. The second kappa shape index (κ2) is 51.6. The standard InChI is InChI=1S/C92H127FN22O24/c1-9-11-21-68-85(132)102-59(30-32-77(122)123)82(129)109-66(80(127)100-43-75(97)120)42-98-44-76(121)101-63(35-50-25-27-53(93)28-26-50)88(135)110(6)49(5)79(126)106-65(40-74(96)119)90(137)114-33-17-24-69(114)86(133)103-58(29-31-72(94)117)81(128)107-62(34-48(3)4)91(138)115-46-54(116)38-71(115)87(134)105-60(36-51-41-99-57-20-15-13-18-55(51)57)83(130)104-61(39-73(95)118)84(131)108-64(89(136)112(8)70(22-12-10-2)92(139)111(68)7)37-52-45-113(47-78(124)125)67-23-16-14-19-56(52)67/h13-16,18-20,23,25-28,41,45,48-49,54,58-66,68-71,98-99,116H,9-12,17,21-22,24,29-40,42-44,46-47H2,1-8H3,(H2,94,117)(H2,95,118)(H2,96,119)(H2,97,120)(H,100,127)(H,101,121)(H,102,132)(H,103,133)(H,104,130)(H,105,134)(H,106,126)(H,107,128)(H,108,131)(H,109,129)(H,122,123)(H,124,125)/t49-,54+,58-,59-,60-,61-,62-,63-,64-,65-,66-,68-,69-,70-,71-/m0/s1. The van der Waals surface area contributed by atoms with Crippen molar-refractivity contribution in [2.75, 3.05) is 53.9 Å². The third kappa shape index (κ3) is 31.2. The lowest BCUT2D eigenvalue weighted by Crippen LogP contribution is -2.61. The number of nitrogens with zero attached hydrogens (tertiary/aromatic N) is 6. The molecule has 3 saturated heterocycles. The number of benzene rings is 3. The monoisotopic (exact) mass is 1940 g/mol. The number of aromatic amines is 1. The number of hydrogen-bond acceptors (Lipinski definition) is 23. The number of aliphatic carboxylic acids is 2. The maximum absolute atomic E-state index is 16.0. The van der Waals surface area contributed by atoms with Gasteiger partial charge in [-0.2, -0.15) is 0 Å². The smallest absolute Gasteiger partial charge is 0.323 e. The van der Waals surface area contributed by atoms with Gasteiger partial charge in [0.25, 0.3) is 0 Å². The maximum atomic E-state index is 16.0. The van der Waals surface area contributed by atoms with Crippen molar-refractivity contribution >= 4 is 146 Å². The summed E-state index contributed by atoms with van der Waals surface area (Å²) in [6, 6.07) is -6.24. The number of para-hydroxylation sites is 2. The first-order chi connectivity index (χ1) is 65.8. The third-order valence-corrected chi connectivity index (χ3v) is 24.5. The summed E-state index contributed by atoms with van der Waals surface area (Å²) in [5.74, 6) is -24.4. The molecule has 23 N–H and O–H groups in total. The van der Waals surface area contributed by atoms with Crippen LogP contribution in [0.2, 0.25) is 0 Å². The topological polar surface area (TPSA) is 692 Å². The van der Waals surface area contributed by atoms with Gasteiger partial charge in [0.1, 0.15) is 96.9 Å². The number of likely N-dealkylation sites (N-methyl/N-ethyl adjacent to an activating group) is 3. The molecule has 46 nitrogen and oxygen atoms in total. The van der Waals surface area contributed by atoms with Crippen LogP contribution in [0.5, 0.6) is 0 Å². The lowest BCUT2D eigenvalue weighted by atomic mass is 9.99. The van der Waals surface area contributed by atoms with Crippen LogP contribution in [-0.2, 0) is 126 Å². The summed E-state index contributed by atoms with van der Waals surface area (Å²) < 4.78 is 15.8. The van der Waals surface area contributed by atoms with E-state index >= 15 is 33.6 Å². The van der Waals surface area contributed by atoms with Gasteiger partial charge in [-0.3, -0.25) is 101 Å². The molecule has 19 amide bonds. The number of nitrogens with one attached hydrogen (secondary N) is 12. The Hall–Kier alpha value is -14.5. The number of unbranched alkanes of at least 4 members (excludes halogenated alkanes) is 2. The lowest BCUT2D eigenvalue weighted by molar-refractivity contribution is -0.149. The molecule has 756 valence electrons. The van der Waals surface area contributed by atoms with Crippen LogP contribution >= 0.6 is 0 Å². The highest BCUT2D eigenvalue weighted by molar-refractivity contribution is 6.03. The summed E-state index contributed by atoms with van der Waals surface area (Å²) >= 11 is 0. The van der Waals surface area contributed by atoms with E-state index in [1.54, 1.807) is 76.2 Å². The van der Waals surface area contributed by atoms with E-state index in [0.717, 1.165) is 43.7 Å². The maximum Gasteiger partial charge on any atom is 0.323 e. The molecule has 5 heterocycles. The van der Waals surface area contributed by atoms with Gasteiger partial charge in [0, 0.05) is 114 Å². The van der Waals surface area contributed by atoms with E-state index in [0.29, 0.717) is 40.2 Å². The molecule has 0 radical (unpaired) electrons. The van der Waals surface area contributed by atoms with Crippen molar-refractivity contribution in [3.63, 3.8) is 0 Å². The van der Waals surface area contributed by atoms with Crippen LogP contribution in [0.4, 0.5) is 4.39 Å². The van der Waals surface area contributed by atoms with Crippen LogP contribution in [0.1, 0.15) is 154 Å². The molecule has 0 spiro atoms. The summed E-state index contributed by atoms with van der Waals surface area (Å²) in [6.45, 7) is 4.34. The van der Waals surface area contributed by atoms with Crippen molar-refractivity contribution in [3.8, 4) is 0 Å². The van der Waals surface area contributed by atoms with Crippen LogP contribution in [0.3, 0.4) is 0 Å². The average Bonchev–Trinajstić information content (AvgIpc) is 1.57. The van der Waals surface area contributed by atoms with Gasteiger partial charge in [0.15, 0.2) is 0 Å². The highest BCUT2D eigenvalue weighted by Crippen LogP contribution is 2.29. The van der Waals surface area contributed by atoms with Gasteiger partial charge in [0.05, 0.1) is 32.0 Å². The van der Waals surface area contributed by atoms with E-state index < -0.39 is 324 Å². The molecule has 3 aromatic carbocycles. The Morgan fingerprint density at radius 2 is 1.04 bits per heavy atom. The van der Waals surface area contributed by atoms with Gasteiger partial charge in [-0.1, -0.05) is 102 Å². The van der Waals surface area contributed by atoms with Gasteiger partial charge in [-0.15, -0.1) is 0 Å². The largest absolute Gasteiger partial charge is 0.481 e. The Morgan fingerprint density at radius 3 is 1.68 bits per heavy atom. The number of aliphatic hydroxyl groups is 1. The highest BCUT2D eigenvalue weighted by Gasteiger charge is 2.47. The molecule has 139 heavy (non-hydrogen) atoms. The van der Waals surface area contributed by atoms with Crippen molar-refractivity contribution < 1.29 is 120 Å².